The van der Waals surface area contributed by atoms with E-state index in [-0.39, 0.29) is 29.7 Å². The number of hydrogen-bond donors (Lipinski definition) is 0. The molecule has 0 saturated heterocycles. The normalized spacial score (nSPS) is 12.1. The molecule has 0 atom stereocenters. The maximum absolute atomic E-state index is 3.32. The minimum atomic E-state index is 0. The van der Waals surface area contributed by atoms with Crippen molar-refractivity contribution in [1.82, 2.24) is 0 Å². The Labute approximate surface area is 107 Å². The predicted octanol–water partition coefficient (Wildman–Crippen LogP) is 3.43. The van der Waals surface area contributed by atoms with Crippen LogP contribution in [0.4, 0.5) is 0 Å². The molecule has 0 bridgehead atoms. The number of benzene rings is 1. The van der Waals surface area contributed by atoms with Crippen LogP contribution in [0, 0.1) is 6.07 Å². The van der Waals surface area contributed by atoms with E-state index >= 15 is 0 Å². The molecule has 0 aliphatic carbocycles. The molecule has 0 N–H and O–H groups in total. The molecule has 0 amide bonds. The van der Waals surface area contributed by atoms with Crippen LogP contribution in [0.3, 0.4) is 0 Å². The molecule has 1 rings (SSSR count). The van der Waals surface area contributed by atoms with E-state index in [9.17, 15) is 0 Å². The first-order valence-electron chi connectivity index (χ1n) is 5.24. The first-order chi connectivity index (χ1) is 6.21. The second-order valence-electron chi connectivity index (χ2n) is 5.99. The summed E-state index contributed by atoms with van der Waals surface area (Å²) in [6.45, 7) is 13.4. The van der Waals surface area contributed by atoms with Crippen molar-refractivity contribution in [2.75, 3.05) is 0 Å². The first-order valence-corrected chi connectivity index (χ1v) is 5.24. The summed E-state index contributed by atoms with van der Waals surface area (Å²) in [6, 6.07) is 9.80. The Morgan fingerprint density at radius 1 is 0.933 bits per heavy atom. The van der Waals surface area contributed by atoms with E-state index in [4.69, 9.17) is 0 Å². The van der Waals surface area contributed by atoms with Crippen molar-refractivity contribution in [3.05, 3.63) is 35.4 Å². The number of hydrogen-bond acceptors (Lipinski definition) is 0. The molecule has 15 heavy (non-hydrogen) atoms. The van der Waals surface area contributed by atoms with E-state index in [0.717, 1.165) is 0 Å². The van der Waals surface area contributed by atoms with E-state index in [1.165, 1.54) is 11.1 Å². The van der Waals surface area contributed by atoms with Crippen molar-refractivity contribution in [2.24, 2.45) is 0 Å². The molecular formula is C14H22Li. The molecule has 0 aliphatic heterocycles. The fraction of sp³-hybridized carbons (Fsp3) is 0.571. The zero-order chi connectivity index (χ0) is 11.0. The summed E-state index contributed by atoms with van der Waals surface area (Å²) >= 11 is 0. The fourth-order valence-corrected chi connectivity index (χ4v) is 1.37. The maximum atomic E-state index is 3.32. The van der Waals surface area contributed by atoms with Gasteiger partial charge in [-0.25, -0.2) is 0 Å². The Kier molecular flexibility index (Phi) is 4.71. The summed E-state index contributed by atoms with van der Waals surface area (Å²) in [6.07, 6.45) is 0. The van der Waals surface area contributed by atoms with Gasteiger partial charge in [-0.1, -0.05) is 59.7 Å². The molecule has 0 saturated carbocycles. The van der Waals surface area contributed by atoms with Crippen LogP contribution in [-0.4, -0.2) is 18.9 Å². The van der Waals surface area contributed by atoms with Gasteiger partial charge < -0.3 is 0 Å². The van der Waals surface area contributed by atoms with Gasteiger partial charge in [-0.3, -0.25) is 0 Å². The summed E-state index contributed by atoms with van der Waals surface area (Å²) in [5.74, 6) is 0. The van der Waals surface area contributed by atoms with Gasteiger partial charge >= 0.3 is 18.9 Å². The third-order valence-corrected chi connectivity index (χ3v) is 2.48. The van der Waals surface area contributed by atoms with Crippen molar-refractivity contribution < 1.29 is 0 Å². The molecule has 0 nitrogen and oxygen atoms in total. The van der Waals surface area contributed by atoms with Gasteiger partial charge in [-0.05, 0) is 28.0 Å². The molecule has 0 spiro atoms. The molecule has 1 heteroatoms. The Morgan fingerprint density at radius 2 is 1.47 bits per heavy atom. The Balaban J connectivity index is 0.00000196. The van der Waals surface area contributed by atoms with Crippen LogP contribution < -0.4 is 0 Å². The topological polar surface area (TPSA) is 0 Å². The van der Waals surface area contributed by atoms with Crippen LogP contribution in [-0.2, 0) is 10.8 Å². The van der Waals surface area contributed by atoms with Crippen molar-refractivity contribution in [3.8, 4) is 0 Å². The second-order valence-corrected chi connectivity index (χ2v) is 5.99. The first kappa shape index (κ1) is 14.8. The van der Waals surface area contributed by atoms with E-state index in [1.807, 2.05) is 6.07 Å². The standard InChI is InChI=1S/C14H21.Li.H/c1-13(2,3)11-8-7-9-12(10-11)14(4,5)6;;/h7-8,10H,1-6H3;;. The summed E-state index contributed by atoms with van der Waals surface area (Å²) in [4.78, 5) is 0. The van der Waals surface area contributed by atoms with E-state index < -0.39 is 0 Å². The molecule has 1 aromatic rings. The van der Waals surface area contributed by atoms with Gasteiger partial charge in [0.15, 0.2) is 0 Å². The van der Waals surface area contributed by atoms with E-state index in [1.54, 1.807) is 0 Å². The number of rotatable bonds is 0. The van der Waals surface area contributed by atoms with Crippen LogP contribution >= 0.6 is 0 Å². The van der Waals surface area contributed by atoms with E-state index in [2.05, 4.69) is 59.7 Å². The van der Waals surface area contributed by atoms with Crippen LogP contribution in [0.25, 0.3) is 0 Å². The van der Waals surface area contributed by atoms with Gasteiger partial charge in [0.2, 0.25) is 0 Å². The van der Waals surface area contributed by atoms with Crippen molar-refractivity contribution >= 4 is 18.9 Å². The monoisotopic (exact) mass is 197 g/mol. The van der Waals surface area contributed by atoms with Gasteiger partial charge in [-0.2, -0.15) is 0 Å². The third kappa shape index (κ3) is 4.05. The molecule has 0 fully saturated rings. The van der Waals surface area contributed by atoms with Crippen LogP contribution in [0.1, 0.15) is 52.7 Å². The molecule has 1 aromatic carbocycles. The summed E-state index contributed by atoms with van der Waals surface area (Å²) in [5.41, 5.74) is 3.11. The molecule has 1 radical (unpaired) electrons. The Bertz CT molecular complexity index is 284. The summed E-state index contributed by atoms with van der Waals surface area (Å²) in [7, 11) is 0. The molecule has 79 valence electrons. The van der Waals surface area contributed by atoms with Gasteiger partial charge in [0.1, 0.15) is 0 Å². The van der Waals surface area contributed by atoms with Gasteiger partial charge in [0.25, 0.3) is 0 Å². The summed E-state index contributed by atoms with van der Waals surface area (Å²) in [5, 5.41) is 0. The van der Waals surface area contributed by atoms with Crippen molar-refractivity contribution in [2.45, 2.75) is 52.4 Å². The molecule has 0 aromatic heterocycles. The van der Waals surface area contributed by atoms with Gasteiger partial charge in [0, 0.05) is 0 Å². The quantitative estimate of drug-likeness (QED) is 0.559. The average Bonchev–Trinajstić information content (AvgIpc) is 2.01. The summed E-state index contributed by atoms with van der Waals surface area (Å²) < 4.78 is 0. The van der Waals surface area contributed by atoms with Crippen molar-refractivity contribution in [3.63, 3.8) is 0 Å². The van der Waals surface area contributed by atoms with Crippen LogP contribution in [0.2, 0.25) is 0 Å². The zero-order valence-corrected chi connectivity index (χ0v) is 10.2. The Morgan fingerprint density at radius 3 is 1.87 bits per heavy atom. The van der Waals surface area contributed by atoms with Gasteiger partial charge in [-0.15, -0.1) is 0 Å². The van der Waals surface area contributed by atoms with Gasteiger partial charge in [0.05, 0.1) is 0 Å². The second kappa shape index (κ2) is 4.77. The van der Waals surface area contributed by atoms with Crippen molar-refractivity contribution in [1.29, 1.82) is 0 Å². The van der Waals surface area contributed by atoms with E-state index in [0.29, 0.717) is 0 Å². The molecular weight excluding hydrogens is 175 g/mol. The SMILES string of the molecule is CC(C)(C)c1[c]ccc(C(C)(C)C)c1.[LiH]. The minimum absolute atomic E-state index is 0. The zero-order valence-electron chi connectivity index (χ0n) is 10.2. The van der Waals surface area contributed by atoms with Crippen LogP contribution in [0.5, 0.6) is 0 Å². The predicted molar refractivity (Wildman–Crippen MR) is 69.8 cm³/mol. The fourth-order valence-electron chi connectivity index (χ4n) is 1.37. The third-order valence-electron chi connectivity index (χ3n) is 2.48. The van der Waals surface area contributed by atoms with Crippen LogP contribution in [0.15, 0.2) is 18.2 Å². The Hall–Kier alpha value is -0.183. The molecule has 0 aliphatic rings. The molecule has 0 heterocycles. The average molecular weight is 197 g/mol. The molecule has 0 unspecified atom stereocenters.